The molecule has 0 spiro atoms. The lowest BCUT2D eigenvalue weighted by atomic mass is 10.0. The van der Waals surface area contributed by atoms with Gasteiger partial charge in [0.2, 0.25) is 0 Å². The number of piperidine rings is 1. The van der Waals surface area contributed by atoms with Gasteiger partial charge in [-0.05, 0) is 37.6 Å². The second kappa shape index (κ2) is 11.8. The Hall–Kier alpha value is -2.72. The Morgan fingerprint density at radius 3 is 2.40 bits per heavy atom. The third-order valence-electron chi connectivity index (χ3n) is 8.28. The predicted molar refractivity (Wildman–Crippen MR) is 144 cm³/mol. The molecular weight excluding hydrogens is 579 g/mol. The van der Waals surface area contributed by atoms with Crippen LogP contribution in [-0.4, -0.2) is 124 Å². The molecule has 230 valence electrons. The Morgan fingerprint density at radius 2 is 1.69 bits per heavy atom. The average Bonchev–Trinajstić information content (AvgIpc) is 3.34. The molecule has 1 atom stereocenters. The van der Waals surface area contributed by atoms with Crippen LogP contribution in [0.5, 0.6) is 5.75 Å². The number of hydrogen-bond donors (Lipinski definition) is 0. The highest BCUT2D eigenvalue weighted by molar-refractivity contribution is 7.90. The van der Waals surface area contributed by atoms with Crippen molar-refractivity contribution >= 4 is 15.7 Å². The summed E-state index contributed by atoms with van der Waals surface area (Å²) in [7, 11) is -4.09. The number of carbonyl (C=O) groups is 1. The number of carbonyl (C=O) groups excluding carboxylic acids is 1. The van der Waals surface area contributed by atoms with Crippen molar-refractivity contribution < 1.29 is 40.6 Å². The number of benzene rings is 1. The highest BCUT2D eigenvalue weighted by atomic mass is 32.2. The summed E-state index contributed by atoms with van der Waals surface area (Å²) in [5.41, 5.74) is 1.05. The first-order chi connectivity index (χ1) is 20.1. The number of aromatic nitrogens is 2. The van der Waals surface area contributed by atoms with Crippen molar-refractivity contribution in [3.8, 4) is 17.0 Å². The SMILES string of the molecule is O=C(c1nn(C2CCCN(CCN3CCOCC3)C2)c2c1CS(=O)(=O)c1cc(OC(F)(F)F)ccc1-2)N1CCOCC1. The molecule has 4 aliphatic heterocycles. The van der Waals surface area contributed by atoms with E-state index in [1.807, 2.05) is 0 Å². The number of sulfone groups is 1. The zero-order valence-electron chi connectivity index (χ0n) is 23.1. The molecule has 1 unspecified atom stereocenters. The van der Waals surface area contributed by atoms with Crippen LogP contribution in [-0.2, 0) is 25.1 Å². The molecule has 3 fully saturated rings. The van der Waals surface area contributed by atoms with Crippen LogP contribution in [0.2, 0.25) is 0 Å². The highest BCUT2D eigenvalue weighted by Gasteiger charge is 2.40. The molecule has 2 aromatic rings. The third kappa shape index (κ3) is 6.16. The van der Waals surface area contributed by atoms with Crippen LogP contribution in [0.4, 0.5) is 13.2 Å². The molecule has 1 aromatic carbocycles. The number of fused-ring (bicyclic) bond motifs is 3. The number of hydrogen-bond acceptors (Lipinski definition) is 9. The van der Waals surface area contributed by atoms with E-state index in [1.54, 1.807) is 9.58 Å². The predicted octanol–water partition coefficient (Wildman–Crippen LogP) is 2.18. The smallest absolute Gasteiger partial charge is 0.406 e. The van der Waals surface area contributed by atoms with Gasteiger partial charge >= 0.3 is 6.36 Å². The molecule has 0 aliphatic carbocycles. The van der Waals surface area contributed by atoms with Gasteiger partial charge in [0.15, 0.2) is 15.5 Å². The van der Waals surface area contributed by atoms with E-state index in [-0.39, 0.29) is 33.7 Å². The maximum atomic E-state index is 13.7. The maximum Gasteiger partial charge on any atom is 0.573 e. The summed E-state index contributed by atoms with van der Waals surface area (Å²) in [6, 6.07) is 3.19. The van der Waals surface area contributed by atoms with E-state index in [9.17, 15) is 26.4 Å². The molecule has 42 heavy (non-hydrogen) atoms. The lowest BCUT2D eigenvalue weighted by Crippen LogP contribution is -2.44. The standard InChI is InChI=1S/C27H34F3N5O6S/c28-27(29,30)41-20-3-4-21-23(16-20)42(37,38)18-22-24(26(36)34-10-14-40-15-11-34)31-35(25(21)22)19-2-1-5-33(17-19)7-6-32-8-12-39-13-9-32/h3-4,16,19H,1-2,5-15,17-18H2. The fourth-order valence-electron chi connectivity index (χ4n) is 6.21. The van der Waals surface area contributed by atoms with Crippen LogP contribution < -0.4 is 4.74 Å². The number of halogens is 3. The first-order valence-corrected chi connectivity index (χ1v) is 15.9. The van der Waals surface area contributed by atoms with Gasteiger partial charge in [-0.15, -0.1) is 13.2 Å². The zero-order valence-corrected chi connectivity index (χ0v) is 24.0. The van der Waals surface area contributed by atoms with E-state index in [4.69, 9.17) is 14.6 Å². The van der Waals surface area contributed by atoms with Gasteiger partial charge in [0.05, 0.1) is 48.8 Å². The molecule has 1 aromatic heterocycles. The molecule has 0 radical (unpaired) electrons. The van der Waals surface area contributed by atoms with Gasteiger partial charge in [0.1, 0.15) is 5.75 Å². The first-order valence-electron chi connectivity index (χ1n) is 14.2. The van der Waals surface area contributed by atoms with E-state index in [0.717, 1.165) is 70.9 Å². The Morgan fingerprint density at radius 1 is 1.00 bits per heavy atom. The minimum atomic E-state index is -4.97. The topological polar surface area (TPSA) is 106 Å². The molecule has 3 saturated heterocycles. The highest BCUT2D eigenvalue weighted by Crippen LogP contribution is 2.43. The van der Waals surface area contributed by atoms with Crippen LogP contribution in [0.3, 0.4) is 0 Å². The number of likely N-dealkylation sites (tertiary alicyclic amines) is 1. The summed E-state index contributed by atoms with van der Waals surface area (Å²) in [6.07, 6.45) is -3.31. The van der Waals surface area contributed by atoms with Crippen LogP contribution >= 0.6 is 0 Å². The maximum absolute atomic E-state index is 13.7. The van der Waals surface area contributed by atoms with Gasteiger partial charge in [-0.3, -0.25) is 19.3 Å². The van der Waals surface area contributed by atoms with E-state index in [0.29, 0.717) is 38.5 Å². The fourth-order valence-corrected chi connectivity index (χ4v) is 7.81. The molecule has 6 rings (SSSR count). The summed E-state index contributed by atoms with van der Waals surface area (Å²) >= 11 is 0. The van der Waals surface area contributed by atoms with Crippen molar-refractivity contribution in [1.82, 2.24) is 24.5 Å². The number of nitrogens with zero attached hydrogens (tertiary/aromatic N) is 5. The molecular formula is C27H34F3N5O6S. The van der Waals surface area contributed by atoms with Crippen molar-refractivity contribution in [2.24, 2.45) is 0 Å². The molecule has 11 nitrogen and oxygen atoms in total. The van der Waals surface area contributed by atoms with E-state index in [2.05, 4.69) is 14.5 Å². The van der Waals surface area contributed by atoms with E-state index >= 15 is 0 Å². The van der Waals surface area contributed by atoms with E-state index in [1.165, 1.54) is 6.07 Å². The minimum absolute atomic E-state index is 0.0715. The third-order valence-corrected chi connectivity index (χ3v) is 9.96. The summed E-state index contributed by atoms with van der Waals surface area (Å²) in [5, 5.41) is 4.78. The molecule has 0 bridgehead atoms. The van der Waals surface area contributed by atoms with Gasteiger partial charge in [-0.25, -0.2) is 8.42 Å². The monoisotopic (exact) mass is 613 g/mol. The second-order valence-corrected chi connectivity index (χ2v) is 13.0. The first kappa shape index (κ1) is 29.4. The number of amides is 1. The minimum Gasteiger partial charge on any atom is -0.406 e. The van der Waals surface area contributed by atoms with Crippen LogP contribution in [0, 0.1) is 0 Å². The van der Waals surface area contributed by atoms with Gasteiger partial charge in [-0.1, -0.05) is 0 Å². The summed E-state index contributed by atoms with van der Waals surface area (Å²) in [4.78, 5) is 19.7. The lowest BCUT2D eigenvalue weighted by Gasteiger charge is -2.36. The number of alkyl halides is 3. The molecule has 5 heterocycles. The molecule has 0 N–H and O–H groups in total. The normalized spacial score (nSPS) is 23.3. The van der Waals surface area contributed by atoms with Crippen molar-refractivity contribution in [2.45, 2.75) is 35.9 Å². The second-order valence-electron chi connectivity index (χ2n) is 11.0. The van der Waals surface area contributed by atoms with Crippen molar-refractivity contribution in [3.63, 3.8) is 0 Å². The molecule has 15 heteroatoms. The van der Waals surface area contributed by atoms with Crippen molar-refractivity contribution in [3.05, 3.63) is 29.5 Å². The Labute approximate surface area is 242 Å². The summed E-state index contributed by atoms with van der Waals surface area (Å²) < 4.78 is 82.3. The van der Waals surface area contributed by atoms with Crippen molar-refractivity contribution in [1.29, 1.82) is 0 Å². The molecule has 1 amide bonds. The van der Waals surface area contributed by atoms with Crippen LogP contribution in [0.15, 0.2) is 23.1 Å². The average molecular weight is 614 g/mol. The number of rotatable bonds is 6. The van der Waals surface area contributed by atoms with Crippen molar-refractivity contribution in [2.75, 3.05) is 78.8 Å². The Balaban J connectivity index is 1.36. The van der Waals surface area contributed by atoms with Crippen LogP contribution in [0.1, 0.15) is 34.9 Å². The molecule has 4 aliphatic rings. The van der Waals surface area contributed by atoms with E-state index < -0.39 is 27.7 Å². The largest absolute Gasteiger partial charge is 0.573 e. The number of morpholine rings is 2. The van der Waals surface area contributed by atoms with Gasteiger partial charge in [0.25, 0.3) is 5.91 Å². The number of ether oxygens (including phenoxy) is 3. The summed E-state index contributed by atoms with van der Waals surface area (Å²) in [5.74, 6) is -1.52. The van der Waals surface area contributed by atoms with Gasteiger partial charge < -0.3 is 19.1 Å². The zero-order chi connectivity index (χ0) is 29.5. The Kier molecular flexibility index (Phi) is 8.21. The van der Waals surface area contributed by atoms with Gasteiger partial charge in [-0.2, -0.15) is 5.10 Å². The van der Waals surface area contributed by atoms with Gasteiger partial charge in [0, 0.05) is 56.9 Å². The fraction of sp³-hybridized carbons (Fsp3) is 0.630. The molecule has 0 saturated carbocycles. The summed E-state index contributed by atoms with van der Waals surface area (Å²) in [6.45, 7) is 8.01. The Bertz CT molecular complexity index is 1420. The lowest BCUT2D eigenvalue weighted by molar-refractivity contribution is -0.274. The quantitative estimate of drug-likeness (QED) is 0.485. The van der Waals surface area contributed by atoms with Crippen LogP contribution in [0.25, 0.3) is 11.3 Å².